The molecule has 0 aliphatic rings. The van der Waals surface area contributed by atoms with E-state index in [0.29, 0.717) is 22.8 Å². The lowest BCUT2D eigenvalue weighted by Gasteiger charge is -2.08. The Morgan fingerprint density at radius 2 is 2.15 bits per heavy atom. The van der Waals surface area contributed by atoms with Gasteiger partial charge in [0.15, 0.2) is 0 Å². The topological polar surface area (TPSA) is 80.9 Å². The third-order valence-corrected chi connectivity index (χ3v) is 2.89. The number of carbonyl (C=O) groups excluding carboxylic acids is 1. The number of benzene rings is 1. The molecular formula is C14H15FN4O. The second-order valence-electron chi connectivity index (χ2n) is 4.45. The molecule has 0 saturated heterocycles. The largest absolute Gasteiger partial charge is 0.383 e. The SMILES string of the molecule is Cc1ncc(CNC(=O)c2cccc(C)c2F)c(N)n1. The molecule has 0 saturated carbocycles. The zero-order chi connectivity index (χ0) is 14.7. The van der Waals surface area contributed by atoms with Crippen LogP contribution in [-0.2, 0) is 6.54 Å². The molecule has 104 valence electrons. The van der Waals surface area contributed by atoms with E-state index in [2.05, 4.69) is 15.3 Å². The summed E-state index contributed by atoms with van der Waals surface area (Å²) in [6.07, 6.45) is 1.55. The zero-order valence-corrected chi connectivity index (χ0v) is 11.3. The summed E-state index contributed by atoms with van der Waals surface area (Å²) in [5, 5.41) is 2.60. The second kappa shape index (κ2) is 5.64. The molecule has 1 amide bonds. The minimum absolute atomic E-state index is 0.0107. The van der Waals surface area contributed by atoms with Gasteiger partial charge in [-0.2, -0.15) is 0 Å². The number of aromatic nitrogens is 2. The number of hydrogen-bond acceptors (Lipinski definition) is 4. The molecule has 0 aliphatic heterocycles. The number of carbonyl (C=O) groups is 1. The van der Waals surface area contributed by atoms with Gasteiger partial charge in [0.25, 0.3) is 5.91 Å². The summed E-state index contributed by atoms with van der Waals surface area (Å²) in [5.41, 5.74) is 6.76. The molecule has 0 atom stereocenters. The molecule has 0 spiro atoms. The third kappa shape index (κ3) is 2.90. The van der Waals surface area contributed by atoms with Gasteiger partial charge in [-0.25, -0.2) is 14.4 Å². The van der Waals surface area contributed by atoms with Crippen molar-refractivity contribution in [1.29, 1.82) is 0 Å². The molecule has 1 heterocycles. The van der Waals surface area contributed by atoms with E-state index < -0.39 is 11.7 Å². The summed E-state index contributed by atoms with van der Waals surface area (Å²) in [6.45, 7) is 3.48. The fourth-order valence-corrected chi connectivity index (χ4v) is 1.74. The Hall–Kier alpha value is -2.50. The van der Waals surface area contributed by atoms with Crippen LogP contribution in [0.2, 0.25) is 0 Å². The highest BCUT2D eigenvalue weighted by atomic mass is 19.1. The minimum atomic E-state index is -0.516. The van der Waals surface area contributed by atoms with Gasteiger partial charge in [-0.1, -0.05) is 12.1 Å². The van der Waals surface area contributed by atoms with Gasteiger partial charge in [0.2, 0.25) is 0 Å². The predicted octanol–water partition coefficient (Wildman–Crippen LogP) is 1.74. The monoisotopic (exact) mass is 274 g/mol. The van der Waals surface area contributed by atoms with Crippen molar-refractivity contribution in [1.82, 2.24) is 15.3 Å². The van der Waals surface area contributed by atoms with Crippen molar-refractivity contribution in [3.63, 3.8) is 0 Å². The number of anilines is 1. The van der Waals surface area contributed by atoms with E-state index in [1.807, 2.05) is 0 Å². The number of aryl methyl sites for hydroxylation is 2. The summed E-state index contributed by atoms with van der Waals surface area (Å²) in [6, 6.07) is 4.68. The van der Waals surface area contributed by atoms with Crippen LogP contribution >= 0.6 is 0 Å². The Labute approximate surface area is 116 Å². The Kier molecular flexibility index (Phi) is 3.93. The molecule has 0 bridgehead atoms. The maximum absolute atomic E-state index is 13.8. The van der Waals surface area contributed by atoms with E-state index in [4.69, 9.17) is 5.73 Å². The van der Waals surface area contributed by atoms with Gasteiger partial charge in [0.05, 0.1) is 5.56 Å². The summed E-state index contributed by atoms with van der Waals surface area (Å²) in [7, 11) is 0. The van der Waals surface area contributed by atoms with Crippen LogP contribution in [0.25, 0.3) is 0 Å². The first-order chi connectivity index (χ1) is 9.49. The summed E-state index contributed by atoms with van der Waals surface area (Å²) >= 11 is 0. The van der Waals surface area contributed by atoms with Crippen molar-refractivity contribution >= 4 is 11.7 Å². The highest BCUT2D eigenvalue weighted by Gasteiger charge is 2.13. The van der Waals surface area contributed by atoms with Crippen molar-refractivity contribution in [2.75, 3.05) is 5.73 Å². The molecule has 0 aliphatic carbocycles. The van der Waals surface area contributed by atoms with Crippen LogP contribution in [-0.4, -0.2) is 15.9 Å². The number of amides is 1. The number of hydrogen-bond donors (Lipinski definition) is 2. The van der Waals surface area contributed by atoms with E-state index in [1.165, 1.54) is 6.07 Å². The highest BCUT2D eigenvalue weighted by Crippen LogP contribution is 2.12. The number of rotatable bonds is 3. The first-order valence-electron chi connectivity index (χ1n) is 6.10. The molecule has 3 N–H and O–H groups in total. The van der Waals surface area contributed by atoms with Crippen LogP contribution in [0.3, 0.4) is 0 Å². The first-order valence-corrected chi connectivity index (χ1v) is 6.10. The molecule has 2 rings (SSSR count). The second-order valence-corrected chi connectivity index (χ2v) is 4.45. The maximum Gasteiger partial charge on any atom is 0.254 e. The van der Waals surface area contributed by atoms with Crippen LogP contribution in [0.15, 0.2) is 24.4 Å². The fourth-order valence-electron chi connectivity index (χ4n) is 1.74. The summed E-state index contributed by atoms with van der Waals surface area (Å²) in [4.78, 5) is 19.9. The lowest BCUT2D eigenvalue weighted by Crippen LogP contribution is -2.25. The van der Waals surface area contributed by atoms with Crippen molar-refractivity contribution < 1.29 is 9.18 Å². The van der Waals surface area contributed by atoms with Crippen molar-refractivity contribution in [3.05, 3.63) is 52.7 Å². The van der Waals surface area contributed by atoms with Gasteiger partial charge in [-0.05, 0) is 25.5 Å². The van der Waals surface area contributed by atoms with Crippen LogP contribution in [0.4, 0.5) is 10.2 Å². The van der Waals surface area contributed by atoms with Gasteiger partial charge >= 0.3 is 0 Å². The van der Waals surface area contributed by atoms with Crippen molar-refractivity contribution in [2.24, 2.45) is 0 Å². The average molecular weight is 274 g/mol. The quantitative estimate of drug-likeness (QED) is 0.893. The lowest BCUT2D eigenvalue weighted by molar-refractivity contribution is 0.0946. The Bertz CT molecular complexity index is 658. The van der Waals surface area contributed by atoms with Crippen LogP contribution < -0.4 is 11.1 Å². The number of nitrogen functional groups attached to an aromatic ring is 1. The lowest BCUT2D eigenvalue weighted by atomic mass is 10.1. The Balaban J connectivity index is 2.11. The van der Waals surface area contributed by atoms with E-state index in [1.54, 1.807) is 32.2 Å². The number of halogens is 1. The van der Waals surface area contributed by atoms with E-state index in [0.717, 1.165) is 0 Å². The van der Waals surface area contributed by atoms with Gasteiger partial charge in [-0.3, -0.25) is 4.79 Å². The number of nitrogens with zero attached hydrogens (tertiary/aromatic N) is 2. The van der Waals surface area contributed by atoms with Crippen molar-refractivity contribution in [3.8, 4) is 0 Å². The molecule has 20 heavy (non-hydrogen) atoms. The number of nitrogens with two attached hydrogens (primary N) is 1. The van der Waals surface area contributed by atoms with Gasteiger partial charge < -0.3 is 11.1 Å². The molecule has 2 aromatic rings. The normalized spacial score (nSPS) is 10.3. The smallest absolute Gasteiger partial charge is 0.254 e. The fraction of sp³-hybridized carbons (Fsp3) is 0.214. The number of nitrogens with one attached hydrogen (secondary N) is 1. The predicted molar refractivity (Wildman–Crippen MR) is 73.5 cm³/mol. The van der Waals surface area contributed by atoms with E-state index in [-0.39, 0.29) is 12.1 Å². The van der Waals surface area contributed by atoms with Gasteiger partial charge in [-0.15, -0.1) is 0 Å². The third-order valence-electron chi connectivity index (χ3n) is 2.89. The van der Waals surface area contributed by atoms with Gasteiger partial charge in [0, 0.05) is 18.3 Å². The zero-order valence-electron chi connectivity index (χ0n) is 11.3. The molecule has 1 aromatic carbocycles. The molecular weight excluding hydrogens is 259 g/mol. The minimum Gasteiger partial charge on any atom is -0.383 e. The molecule has 0 unspecified atom stereocenters. The van der Waals surface area contributed by atoms with Gasteiger partial charge in [0.1, 0.15) is 17.5 Å². The van der Waals surface area contributed by atoms with E-state index in [9.17, 15) is 9.18 Å². The molecule has 5 nitrogen and oxygen atoms in total. The van der Waals surface area contributed by atoms with E-state index >= 15 is 0 Å². The molecule has 0 fully saturated rings. The van der Waals surface area contributed by atoms with Crippen LogP contribution in [0, 0.1) is 19.7 Å². The molecule has 6 heteroatoms. The Morgan fingerprint density at radius 1 is 1.40 bits per heavy atom. The summed E-state index contributed by atoms with van der Waals surface area (Å²) < 4.78 is 13.8. The average Bonchev–Trinajstić information content (AvgIpc) is 2.40. The molecule has 0 radical (unpaired) electrons. The first kappa shape index (κ1) is 13.9. The Morgan fingerprint density at radius 3 is 2.85 bits per heavy atom. The standard InChI is InChI=1S/C14H15FN4O/c1-8-4-3-5-11(12(8)15)14(20)18-7-10-6-17-9(2)19-13(10)16/h3-6H,7H2,1-2H3,(H,18,20)(H2,16,17,19). The summed E-state index contributed by atoms with van der Waals surface area (Å²) in [5.74, 6) is -0.144. The van der Waals surface area contributed by atoms with Crippen LogP contribution in [0.5, 0.6) is 0 Å². The highest BCUT2D eigenvalue weighted by molar-refractivity contribution is 5.94. The molecule has 1 aromatic heterocycles. The van der Waals surface area contributed by atoms with Crippen LogP contribution in [0.1, 0.15) is 27.3 Å². The maximum atomic E-state index is 13.8. The van der Waals surface area contributed by atoms with Crippen molar-refractivity contribution in [2.45, 2.75) is 20.4 Å².